The van der Waals surface area contributed by atoms with Gasteiger partial charge in [-0.1, -0.05) is 17.3 Å². The van der Waals surface area contributed by atoms with Crippen molar-refractivity contribution in [1.29, 1.82) is 0 Å². The minimum atomic E-state index is -4.70. The number of halogens is 3. The molecule has 0 aromatic heterocycles. The number of nitrogens with two attached hydrogens (primary N) is 1. The number of likely N-dealkylation sites (N-methyl/N-ethyl adjacent to an activating group) is 1. The molecule has 0 fully saturated rings. The van der Waals surface area contributed by atoms with Gasteiger partial charge in [0.15, 0.2) is 5.84 Å². The van der Waals surface area contributed by atoms with E-state index in [0.29, 0.717) is 6.54 Å². The molecule has 0 saturated heterocycles. The average molecular weight is 291 g/mol. The van der Waals surface area contributed by atoms with Crippen LogP contribution in [0.5, 0.6) is 5.75 Å². The molecule has 1 atom stereocenters. The molecule has 1 aromatic carbocycles. The molecular formula is C12H16F3N3O2. The van der Waals surface area contributed by atoms with Crippen LogP contribution >= 0.6 is 0 Å². The Bertz CT molecular complexity index is 460. The second-order valence-corrected chi connectivity index (χ2v) is 4.31. The minimum absolute atomic E-state index is 0.0597. The second kappa shape index (κ2) is 6.47. The molecule has 0 aliphatic heterocycles. The summed E-state index contributed by atoms with van der Waals surface area (Å²) in [5.41, 5.74) is 6.26. The van der Waals surface area contributed by atoms with Gasteiger partial charge in [0.2, 0.25) is 0 Å². The van der Waals surface area contributed by atoms with E-state index in [0.717, 1.165) is 5.56 Å². The normalized spacial score (nSPS) is 14.4. The highest BCUT2D eigenvalue weighted by Crippen LogP contribution is 2.23. The van der Waals surface area contributed by atoms with Crippen molar-refractivity contribution in [2.75, 3.05) is 7.05 Å². The Balaban J connectivity index is 2.66. The second-order valence-electron chi connectivity index (χ2n) is 4.31. The summed E-state index contributed by atoms with van der Waals surface area (Å²) in [6, 6.07) is 5.23. The predicted molar refractivity (Wildman–Crippen MR) is 67.5 cm³/mol. The number of oxime groups is 1. The van der Waals surface area contributed by atoms with Crippen LogP contribution in [0.15, 0.2) is 29.4 Å². The smallest absolute Gasteiger partial charge is 0.409 e. The number of hydrogen-bond donors (Lipinski definition) is 2. The van der Waals surface area contributed by atoms with Crippen LogP contribution in [0.25, 0.3) is 0 Å². The maximum absolute atomic E-state index is 12.0. The number of amidine groups is 1. The summed E-state index contributed by atoms with van der Waals surface area (Å²) in [6.07, 6.45) is -4.70. The standard InChI is InChI=1S/C12H16F3N3O2/c1-8(11(16)17-19)18(2)7-9-3-5-10(6-4-9)20-12(13,14)15/h3-6,8,19H,7H2,1-2H3,(H2,16,17). The lowest BCUT2D eigenvalue weighted by molar-refractivity contribution is -0.274. The van der Waals surface area contributed by atoms with E-state index in [9.17, 15) is 13.2 Å². The first kappa shape index (κ1) is 16.1. The topological polar surface area (TPSA) is 71.1 Å². The summed E-state index contributed by atoms with van der Waals surface area (Å²) >= 11 is 0. The molecule has 112 valence electrons. The van der Waals surface area contributed by atoms with Crippen LogP contribution in [0, 0.1) is 0 Å². The quantitative estimate of drug-likeness (QED) is 0.377. The number of benzene rings is 1. The zero-order chi connectivity index (χ0) is 15.3. The predicted octanol–water partition coefficient (Wildman–Crippen LogP) is 2.15. The van der Waals surface area contributed by atoms with E-state index in [1.165, 1.54) is 24.3 Å². The number of hydrogen-bond acceptors (Lipinski definition) is 4. The van der Waals surface area contributed by atoms with Gasteiger partial charge < -0.3 is 15.7 Å². The molecule has 0 heterocycles. The highest BCUT2D eigenvalue weighted by atomic mass is 19.4. The van der Waals surface area contributed by atoms with Gasteiger partial charge in [-0.25, -0.2) is 0 Å². The Hall–Kier alpha value is -1.96. The van der Waals surface area contributed by atoms with Crippen molar-refractivity contribution in [3.63, 3.8) is 0 Å². The number of alkyl halides is 3. The molecule has 8 heteroatoms. The zero-order valence-electron chi connectivity index (χ0n) is 11.1. The summed E-state index contributed by atoms with van der Waals surface area (Å²) in [7, 11) is 1.75. The van der Waals surface area contributed by atoms with E-state index < -0.39 is 6.36 Å². The minimum Gasteiger partial charge on any atom is -0.409 e. The van der Waals surface area contributed by atoms with Gasteiger partial charge in [0, 0.05) is 6.54 Å². The van der Waals surface area contributed by atoms with E-state index in [-0.39, 0.29) is 17.6 Å². The Morgan fingerprint density at radius 2 is 1.95 bits per heavy atom. The van der Waals surface area contributed by atoms with E-state index in [1.54, 1.807) is 18.9 Å². The molecule has 5 nitrogen and oxygen atoms in total. The Morgan fingerprint density at radius 1 is 1.40 bits per heavy atom. The molecule has 0 amide bonds. The van der Waals surface area contributed by atoms with Gasteiger partial charge in [-0.15, -0.1) is 13.2 Å². The lowest BCUT2D eigenvalue weighted by Crippen LogP contribution is -2.40. The maximum atomic E-state index is 12.0. The summed E-state index contributed by atoms with van der Waals surface area (Å²) in [6.45, 7) is 2.18. The van der Waals surface area contributed by atoms with Crippen LogP contribution in [0.2, 0.25) is 0 Å². The van der Waals surface area contributed by atoms with Crippen molar-refractivity contribution < 1.29 is 23.1 Å². The van der Waals surface area contributed by atoms with Crippen LogP contribution in [0.3, 0.4) is 0 Å². The number of nitrogens with zero attached hydrogens (tertiary/aromatic N) is 2. The van der Waals surface area contributed by atoms with Gasteiger partial charge >= 0.3 is 6.36 Å². The molecule has 0 radical (unpaired) electrons. The highest BCUT2D eigenvalue weighted by molar-refractivity contribution is 5.84. The first-order chi connectivity index (χ1) is 9.23. The lowest BCUT2D eigenvalue weighted by atomic mass is 10.2. The number of rotatable bonds is 5. The van der Waals surface area contributed by atoms with E-state index in [1.807, 2.05) is 0 Å². The third kappa shape index (κ3) is 4.96. The molecule has 1 aromatic rings. The van der Waals surface area contributed by atoms with Gasteiger partial charge in [0.1, 0.15) is 5.75 Å². The fraction of sp³-hybridized carbons (Fsp3) is 0.417. The van der Waals surface area contributed by atoms with E-state index in [4.69, 9.17) is 10.9 Å². The van der Waals surface area contributed by atoms with Gasteiger partial charge in [0.25, 0.3) is 0 Å². The summed E-state index contributed by atoms with van der Waals surface area (Å²) in [5, 5.41) is 11.5. The molecule has 0 aliphatic carbocycles. The van der Waals surface area contributed by atoms with Gasteiger partial charge in [0.05, 0.1) is 6.04 Å². The fourth-order valence-electron chi connectivity index (χ4n) is 1.53. The number of ether oxygens (including phenoxy) is 1. The Morgan fingerprint density at radius 3 is 2.40 bits per heavy atom. The van der Waals surface area contributed by atoms with Crippen molar-refractivity contribution in [1.82, 2.24) is 4.90 Å². The Kier molecular flexibility index (Phi) is 5.20. The van der Waals surface area contributed by atoms with Crippen LogP contribution < -0.4 is 10.5 Å². The van der Waals surface area contributed by atoms with E-state index in [2.05, 4.69) is 9.89 Å². The van der Waals surface area contributed by atoms with Gasteiger partial charge in [-0.2, -0.15) is 0 Å². The van der Waals surface area contributed by atoms with Crippen LogP contribution in [-0.2, 0) is 6.54 Å². The molecule has 0 saturated carbocycles. The van der Waals surface area contributed by atoms with E-state index >= 15 is 0 Å². The Labute approximate surface area is 114 Å². The van der Waals surface area contributed by atoms with Crippen molar-refractivity contribution in [2.45, 2.75) is 25.9 Å². The monoisotopic (exact) mass is 291 g/mol. The fourth-order valence-corrected chi connectivity index (χ4v) is 1.53. The van der Waals surface area contributed by atoms with Crippen molar-refractivity contribution >= 4 is 5.84 Å². The van der Waals surface area contributed by atoms with Crippen molar-refractivity contribution in [3.05, 3.63) is 29.8 Å². The van der Waals surface area contributed by atoms with Gasteiger partial charge in [-0.3, -0.25) is 4.90 Å². The first-order valence-corrected chi connectivity index (χ1v) is 5.75. The lowest BCUT2D eigenvalue weighted by Gasteiger charge is -2.23. The van der Waals surface area contributed by atoms with Crippen LogP contribution in [0.1, 0.15) is 12.5 Å². The average Bonchev–Trinajstić information content (AvgIpc) is 2.37. The summed E-state index contributed by atoms with van der Waals surface area (Å²) in [4.78, 5) is 1.79. The van der Waals surface area contributed by atoms with Crippen molar-refractivity contribution in [2.24, 2.45) is 10.9 Å². The summed E-state index contributed by atoms with van der Waals surface area (Å²) < 4.78 is 39.8. The highest BCUT2D eigenvalue weighted by Gasteiger charge is 2.30. The molecule has 1 unspecified atom stereocenters. The molecule has 0 spiro atoms. The maximum Gasteiger partial charge on any atom is 0.573 e. The molecule has 0 bridgehead atoms. The third-order valence-corrected chi connectivity index (χ3v) is 2.79. The summed E-state index contributed by atoms with van der Waals surface area (Å²) in [5.74, 6) is -0.210. The largest absolute Gasteiger partial charge is 0.573 e. The zero-order valence-corrected chi connectivity index (χ0v) is 11.1. The van der Waals surface area contributed by atoms with Gasteiger partial charge in [-0.05, 0) is 31.7 Å². The van der Waals surface area contributed by atoms with Crippen molar-refractivity contribution in [3.8, 4) is 5.75 Å². The van der Waals surface area contributed by atoms with Crippen LogP contribution in [-0.4, -0.2) is 35.4 Å². The SMILES string of the molecule is CC(C(N)=NO)N(C)Cc1ccc(OC(F)(F)F)cc1. The first-order valence-electron chi connectivity index (χ1n) is 5.75. The molecular weight excluding hydrogens is 275 g/mol. The third-order valence-electron chi connectivity index (χ3n) is 2.79. The molecule has 20 heavy (non-hydrogen) atoms. The molecule has 0 aliphatic rings. The van der Waals surface area contributed by atoms with Crippen LogP contribution in [0.4, 0.5) is 13.2 Å². The molecule has 3 N–H and O–H groups in total. The molecule has 1 rings (SSSR count).